The third-order valence-corrected chi connectivity index (χ3v) is 5.26. The summed E-state index contributed by atoms with van der Waals surface area (Å²) in [4.78, 5) is 21.5. The summed E-state index contributed by atoms with van der Waals surface area (Å²) in [5.41, 5.74) is 2.41. The highest BCUT2D eigenvalue weighted by molar-refractivity contribution is 7.99. The number of hydrogen-bond acceptors (Lipinski definition) is 6. The van der Waals surface area contributed by atoms with Crippen LogP contribution in [0.4, 0.5) is 0 Å². The normalized spacial score (nSPS) is 21.7. The Balaban J connectivity index is 1.97. The third kappa shape index (κ3) is 3.21. The molecule has 1 atom stereocenters. The fraction of sp³-hybridized carbons (Fsp3) is 0.667. The first kappa shape index (κ1) is 14.8. The Morgan fingerprint density at radius 3 is 3.10 bits per heavy atom. The van der Waals surface area contributed by atoms with Crippen LogP contribution in [-0.2, 0) is 17.7 Å². The van der Waals surface area contributed by atoms with Crippen molar-refractivity contribution in [2.45, 2.75) is 44.4 Å². The lowest BCUT2D eigenvalue weighted by Gasteiger charge is -2.24. The molecular formula is C15H21N3O2S. The number of thioether (sulfide) groups is 1. The fourth-order valence-corrected chi connectivity index (χ4v) is 4.06. The lowest BCUT2D eigenvalue weighted by atomic mass is 10.0. The number of nitrogens with zero attached hydrogens (tertiary/aromatic N) is 2. The maximum absolute atomic E-state index is 12.2. The Labute approximate surface area is 129 Å². The average molecular weight is 307 g/mol. The molecule has 0 aliphatic carbocycles. The Kier molecular flexibility index (Phi) is 4.75. The number of carbonyl (C=O) groups excluding carboxylic acids is 1. The molecule has 1 fully saturated rings. The van der Waals surface area contributed by atoms with Gasteiger partial charge in [-0.1, -0.05) is 6.42 Å². The standard InChI is InChI=1S/C15H21N3O2S/c1-2-20-15(19)13-10-9-16-7-6-11(10)17-14(18-13)12-5-3-4-8-21-12/h12,16H,2-9H2,1H3. The second-order valence-corrected chi connectivity index (χ2v) is 6.67. The summed E-state index contributed by atoms with van der Waals surface area (Å²) < 4.78 is 5.17. The van der Waals surface area contributed by atoms with Gasteiger partial charge in [-0.3, -0.25) is 0 Å². The van der Waals surface area contributed by atoms with Gasteiger partial charge >= 0.3 is 5.97 Å². The van der Waals surface area contributed by atoms with E-state index in [1.807, 2.05) is 18.7 Å². The molecule has 1 aromatic rings. The first-order valence-corrected chi connectivity index (χ1v) is 8.73. The zero-order valence-electron chi connectivity index (χ0n) is 12.4. The van der Waals surface area contributed by atoms with Crippen LogP contribution in [0.2, 0.25) is 0 Å². The van der Waals surface area contributed by atoms with E-state index in [4.69, 9.17) is 9.72 Å². The van der Waals surface area contributed by atoms with Crippen LogP contribution in [0.1, 0.15) is 59.0 Å². The van der Waals surface area contributed by atoms with E-state index in [0.29, 0.717) is 24.1 Å². The Bertz CT molecular complexity index is 530. The zero-order valence-corrected chi connectivity index (χ0v) is 13.2. The monoisotopic (exact) mass is 307 g/mol. The van der Waals surface area contributed by atoms with Crippen LogP contribution in [0.15, 0.2) is 0 Å². The van der Waals surface area contributed by atoms with Gasteiger partial charge in [-0.2, -0.15) is 11.8 Å². The largest absolute Gasteiger partial charge is 0.461 e. The number of hydrogen-bond donors (Lipinski definition) is 1. The van der Waals surface area contributed by atoms with Crippen molar-refractivity contribution in [2.75, 3.05) is 18.9 Å². The number of nitrogens with one attached hydrogen (secondary N) is 1. The van der Waals surface area contributed by atoms with Gasteiger partial charge in [-0.25, -0.2) is 14.8 Å². The Morgan fingerprint density at radius 2 is 2.33 bits per heavy atom. The van der Waals surface area contributed by atoms with Crippen molar-refractivity contribution < 1.29 is 9.53 Å². The number of rotatable bonds is 3. The number of esters is 1. The summed E-state index contributed by atoms with van der Waals surface area (Å²) in [6.45, 7) is 3.76. The molecule has 3 heterocycles. The molecule has 1 aromatic heterocycles. The van der Waals surface area contributed by atoms with Crippen molar-refractivity contribution in [1.82, 2.24) is 15.3 Å². The van der Waals surface area contributed by atoms with Crippen LogP contribution >= 0.6 is 11.8 Å². The topological polar surface area (TPSA) is 64.1 Å². The van der Waals surface area contributed by atoms with Gasteiger partial charge in [0, 0.05) is 25.1 Å². The quantitative estimate of drug-likeness (QED) is 0.864. The summed E-state index contributed by atoms with van der Waals surface area (Å²) in [6, 6.07) is 0. The van der Waals surface area contributed by atoms with E-state index in [-0.39, 0.29) is 5.97 Å². The zero-order chi connectivity index (χ0) is 14.7. The molecule has 3 rings (SSSR count). The average Bonchev–Trinajstić information content (AvgIpc) is 2.55. The molecule has 2 aliphatic rings. The first-order chi connectivity index (χ1) is 10.3. The van der Waals surface area contributed by atoms with E-state index in [2.05, 4.69) is 10.3 Å². The summed E-state index contributed by atoms with van der Waals surface area (Å²) in [6.07, 6.45) is 4.44. The molecule has 0 bridgehead atoms. The maximum Gasteiger partial charge on any atom is 0.357 e. The molecule has 2 aliphatic heterocycles. The lowest BCUT2D eigenvalue weighted by Crippen LogP contribution is -2.29. The Morgan fingerprint density at radius 1 is 1.43 bits per heavy atom. The van der Waals surface area contributed by atoms with Gasteiger partial charge in [-0.15, -0.1) is 0 Å². The molecule has 0 radical (unpaired) electrons. The van der Waals surface area contributed by atoms with Gasteiger partial charge < -0.3 is 10.1 Å². The Hall–Kier alpha value is -1.14. The van der Waals surface area contributed by atoms with Gasteiger partial charge in [0.15, 0.2) is 5.69 Å². The van der Waals surface area contributed by atoms with Gasteiger partial charge in [0.1, 0.15) is 5.82 Å². The van der Waals surface area contributed by atoms with Crippen LogP contribution in [0.3, 0.4) is 0 Å². The van der Waals surface area contributed by atoms with E-state index in [1.165, 1.54) is 12.8 Å². The highest BCUT2D eigenvalue weighted by Gasteiger charge is 2.26. The number of aromatic nitrogens is 2. The SMILES string of the molecule is CCOC(=O)c1nc(C2CCCCS2)nc2c1CNCC2. The molecule has 6 heteroatoms. The van der Waals surface area contributed by atoms with Crippen molar-refractivity contribution in [2.24, 2.45) is 0 Å². The predicted octanol–water partition coefficient (Wildman–Crippen LogP) is 2.26. The molecule has 0 saturated carbocycles. The van der Waals surface area contributed by atoms with Crippen molar-refractivity contribution in [1.29, 1.82) is 0 Å². The number of fused-ring (bicyclic) bond motifs is 1. The third-order valence-electron chi connectivity index (χ3n) is 3.89. The minimum absolute atomic E-state index is 0.318. The van der Waals surface area contributed by atoms with E-state index in [1.54, 1.807) is 0 Å². The molecule has 1 saturated heterocycles. The molecule has 114 valence electrons. The highest BCUT2D eigenvalue weighted by atomic mass is 32.2. The molecule has 5 nitrogen and oxygen atoms in total. The van der Waals surface area contributed by atoms with E-state index >= 15 is 0 Å². The van der Waals surface area contributed by atoms with Crippen molar-refractivity contribution in [3.8, 4) is 0 Å². The molecule has 1 unspecified atom stereocenters. The summed E-state index contributed by atoms with van der Waals surface area (Å²) in [5.74, 6) is 1.66. The van der Waals surface area contributed by atoms with Gasteiger partial charge in [-0.05, 0) is 25.5 Å². The van der Waals surface area contributed by atoms with Crippen molar-refractivity contribution in [3.05, 3.63) is 22.8 Å². The van der Waals surface area contributed by atoms with Gasteiger partial charge in [0.05, 0.1) is 17.6 Å². The van der Waals surface area contributed by atoms with Crippen LogP contribution in [0, 0.1) is 0 Å². The van der Waals surface area contributed by atoms with E-state index in [9.17, 15) is 4.79 Å². The molecule has 0 spiro atoms. The minimum Gasteiger partial charge on any atom is -0.461 e. The maximum atomic E-state index is 12.2. The lowest BCUT2D eigenvalue weighted by molar-refractivity contribution is 0.0516. The molecule has 0 amide bonds. The summed E-state index contributed by atoms with van der Waals surface area (Å²) in [7, 11) is 0. The second kappa shape index (κ2) is 6.75. The van der Waals surface area contributed by atoms with Crippen LogP contribution in [0.25, 0.3) is 0 Å². The van der Waals surface area contributed by atoms with Gasteiger partial charge in [0.2, 0.25) is 0 Å². The smallest absolute Gasteiger partial charge is 0.357 e. The molecule has 21 heavy (non-hydrogen) atoms. The molecule has 1 N–H and O–H groups in total. The van der Waals surface area contributed by atoms with Crippen molar-refractivity contribution in [3.63, 3.8) is 0 Å². The van der Waals surface area contributed by atoms with E-state index in [0.717, 1.165) is 42.2 Å². The highest BCUT2D eigenvalue weighted by Crippen LogP contribution is 2.37. The van der Waals surface area contributed by atoms with Crippen LogP contribution < -0.4 is 5.32 Å². The number of carbonyl (C=O) groups is 1. The van der Waals surface area contributed by atoms with Crippen LogP contribution in [-0.4, -0.2) is 34.8 Å². The molecular weight excluding hydrogens is 286 g/mol. The predicted molar refractivity (Wildman–Crippen MR) is 82.4 cm³/mol. The second-order valence-electron chi connectivity index (χ2n) is 5.36. The van der Waals surface area contributed by atoms with Crippen LogP contribution in [0.5, 0.6) is 0 Å². The fourth-order valence-electron chi connectivity index (χ4n) is 2.82. The van der Waals surface area contributed by atoms with Crippen molar-refractivity contribution >= 4 is 17.7 Å². The summed E-state index contributed by atoms with van der Waals surface area (Å²) >= 11 is 1.91. The van der Waals surface area contributed by atoms with E-state index < -0.39 is 0 Å². The first-order valence-electron chi connectivity index (χ1n) is 7.68. The van der Waals surface area contributed by atoms with Gasteiger partial charge in [0.25, 0.3) is 0 Å². The molecule has 0 aromatic carbocycles. The number of ether oxygens (including phenoxy) is 1. The minimum atomic E-state index is -0.318. The summed E-state index contributed by atoms with van der Waals surface area (Å²) in [5, 5.41) is 3.61.